The molecule has 2 atom stereocenters. The summed E-state index contributed by atoms with van der Waals surface area (Å²) in [6, 6.07) is 9.61. The second-order valence-electron chi connectivity index (χ2n) is 7.00. The average Bonchev–Trinajstić information content (AvgIpc) is 2.85. The summed E-state index contributed by atoms with van der Waals surface area (Å²) in [7, 11) is 0. The number of ether oxygens (including phenoxy) is 2. The van der Waals surface area contributed by atoms with Crippen LogP contribution < -0.4 is 5.32 Å². The van der Waals surface area contributed by atoms with Crippen molar-refractivity contribution in [2.45, 2.75) is 57.6 Å². The maximum Gasteiger partial charge on any atom is 0.407 e. The fourth-order valence-electron chi connectivity index (χ4n) is 4.20. The standard InChI is InChI=1S/C19H25NO4/c1-2-23-16(21)18-9-6-10-19(14-18,12-11-18)20-17(22)24-13-15-7-4-3-5-8-15/h3-5,7-8H,2,6,9-14H2,1H3,(H,20,22). The Labute approximate surface area is 142 Å². The molecule has 5 nitrogen and oxygen atoms in total. The van der Waals surface area contributed by atoms with Crippen LogP contribution in [0.3, 0.4) is 0 Å². The van der Waals surface area contributed by atoms with Crippen molar-refractivity contribution in [3.05, 3.63) is 35.9 Å². The Kier molecular flexibility index (Phi) is 4.78. The summed E-state index contributed by atoms with van der Waals surface area (Å²) < 4.78 is 10.6. The molecule has 2 aliphatic rings. The van der Waals surface area contributed by atoms with Crippen molar-refractivity contribution in [3.63, 3.8) is 0 Å². The number of nitrogens with one attached hydrogen (secondary N) is 1. The quantitative estimate of drug-likeness (QED) is 0.838. The van der Waals surface area contributed by atoms with E-state index in [1.807, 2.05) is 37.3 Å². The van der Waals surface area contributed by atoms with Gasteiger partial charge in [0.1, 0.15) is 6.61 Å². The molecule has 0 radical (unpaired) electrons. The molecule has 2 saturated carbocycles. The number of esters is 1. The highest BCUT2D eigenvalue weighted by molar-refractivity contribution is 5.78. The molecule has 2 unspecified atom stereocenters. The van der Waals surface area contributed by atoms with Crippen molar-refractivity contribution < 1.29 is 19.1 Å². The molecule has 3 rings (SSSR count). The van der Waals surface area contributed by atoms with Crippen LogP contribution in [0.15, 0.2) is 30.3 Å². The summed E-state index contributed by atoms with van der Waals surface area (Å²) in [4.78, 5) is 24.6. The maximum atomic E-state index is 12.4. The van der Waals surface area contributed by atoms with Gasteiger partial charge in [0.2, 0.25) is 0 Å². The minimum atomic E-state index is -0.416. The number of carbonyl (C=O) groups excluding carboxylic acids is 2. The highest BCUT2D eigenvalue weighted by Gasteiger charge is 2.56. The molecule has 2 bridgehead atoms. The molecule has 2 aliphatic carbocycles. The second-order valence-corrected chi connectivity index (χ2v) is 7.00. The first-order valence-electron chi connectivity index (χ1n) is 8.74. The molecule has 24 heavy (non-hydrogen) atoms. The predicted molar refractivity (Wildman–Crippen MR) is 89.3 cm³/mol. The highest BCUT2D eigenvalue weighted by atomic mass is 16.5. The van der Waals surface area contributed by atoms with E-state index in [4.69, 9.17) is 9.47 Å². The van der Waals surface area contributed by atoms with Crippen molar-refractivity contribution in [2.75, 3.05) is 6.61 Å². The van der Waals surface area contributed by atoms with Crippen LogP contribution in [-0.4, -0.2) is 24.2 Å². The average molecular weight is 331 g/mol. The van der Waals surface area contributed by atoms with Gasteiger partial charge in [-0.2, -0.15) is 0 Å². The number of fused-ring (bicyclic) bond motifs is 2. The molecule has 0 spiro atoms. The van der Waals surface area contributed by atoms with Gasteiger partial charge >= 0.3 is 12.1 Å². The van der Waals surface area contributed by atoms with E-state index in [2.05, 4.69) is 5.32 Å². The van der Waals surface area contributed by atoms with Gasteiger partial charge in [-0.3, -0.25) is 4.79 Å². The van der Waals surface area contributed by atoms with Gasteiger partial charge < -0.3 is 14.8 Å². The van der Waals surface area contributed by atoms with E-state index >= 15 is 0 Å². The minimum Gasteiger partial charge on any atom is -0.466 e. The Balaban J connectivity index is 1.58. The molecular formula is C19H25NO4. The van der Waals surface area contributed by atoms with E-state index in [1.54, 1.807) is 0 Å². The molecule has 2 fully saturated rings. The topological polar surface area (TPSA) is 64.6 Å². The molecule has 130 valence electrons. The Morgan fingerprint density at radius 1 is 1.08 bits per heavy atom. The van der Waals surface area contributed by atoms with Gasteiger partial charge in [-0.05, 0) is 51.0 Å². The Bertz CT molecular complexity index is 603. The Hall–Kier alpha value is -2.04. The zero-order valence-corrected chi connectivity index (χ0v) is 14.2. The lowest BCUT2D eigenvalue weighted by Gasteiger charge is -2.38. The fraction of sp³-hybridized carbons (Fsp3) is 0.579. The number of rotatable bonds is 5. The van der Waals surface area contributed by atoms with Crippen LogP contribution in [0.25, 0.3) is 0 Å². The van der Waals surface area contributed by atoms with Crippen LogP contribution in [0.2, 0.25) is 0 Å². The van der Waals surface area contributed by atoms with Crippen molar-refractivity contribution in [2.24, 2.45) is 5.41 Å². The summed E-state index contributed by atoms with van der Waals surface area (Å²) >= 11 is 0. The number of benzene rings is 1. The second kappa shape index (κ2) is 6.83. The molecule has 0 aliphatic heterocycles. The van der Waals surface area contributed by atoms with E-state index in [0.29, 0.717) is 13.0 Å². The summed E-state index contributed by atoms with van der Waals surface area (Å²) in [6.07, 6.45) is 4.54. The van der Waals surface area contributed by atoms with Crippen molar-refractivity contribution >= 4 is 12.1 Å². The number of hydrogen-bond donors (Lipinski definition) is 1. The van der Waals surface area contributed by atoms with Gasteiger partial charge in [-0.15, -0.1) is 0 Å². The molecule has 1 aromatic carbocycles. The lowest BCUT2D eigenvalue weighted by molar-refractivity contribution is -0.156. The molecule has 0 aromatic heterocycles. The largest absolute Gasteiger partial charge is 0.466 e. The summed E-state index contributed by atoms with van der Waals surface area (Å²) in [5.74, 6) is -0.106. The summed E-state index contributed by atoms with van der Waals surface area (Å²) in [5.41, 5.74) is 0.223. The number of carbonyl (C=O) groups is 2. The lowest BCUT2D eigenvalue weighted by atomic mass is 9.73. The number of hydrogen-bond acceptors (Lipinski definition) is 4. The maximum absolute atomic E-state index is 12.4. The van der Waals surface area contributed by atoms with Crippen LogP contribution in [0, 0.1) is 5.41 Å². The van der Waals surface area contributed by atoms with Gasteiger partial charge in [0.15, 0.2) is 0 Å². The van der Waals surface area contributed by atoms with Crippen LogP contribution in [-0.2, 0) is 20.9 Å². The van der Waals surface area contributed by atoms with Gasteiger partial charge in [0.05, 0.1) is 12.0 Å². The minimum absolute atomic E-state index is 0.106. The van der Waals surface area contributed by atoms with Crippen LogP contribution in [0.1, 0.15) is 51.0 Å². The third-order valence-electron chi connectivity index (χ3n) is 5.36. The van der Waals surface area contributed by atoms with Crippen LogP contribution in [0.4, 0.5) is 4.79 Å². The molecule has 1 amide bonds. The molecule has 1 N–H and O–H groups in total. The summed E-state index contributed by atoms with van der Waals surface area (Å²) in [6.45, 7) is 2.49. The third kappa shape index (κ3) is 3.40. The smallest absolute Gasteiger partial charge is 0.407 e. The van der Waals surface area contributed by atoms with Gasteiger partial charge in [-0.25, -0.2) is 4.79 Å². The SMILES string of the molecule is CCOC(=O)C12CCCC(NC(=O)OCc3ccccc3)(CC1)C2. The first-order chi connectivity index (χ1) is 11.6. The van der Waals surface area contributed by atoms with E-state index in [0.717, 1.165) is 37.7 Å². The molecule has 5 heteroatoms. The molecule has 0 heterocycles. The van der Waals surface area contributed by atoms with E-state index < -0.39 is 11.5 Å². The van der Waals surface area contributed by atoms with Crippen LogP contribution in [0.5, 0.6) is 0 Å². The Morgan fingerprint density at radius 2 is 1.88 bits per heavy atom. The third-order valence-corrected chi connectivity index (χ3v) is 5.36. The highest BCUT2D eigenvalue weighted by Crippen LogP contribution is 2.54. The summed E-state index contributed by atoms with van der Waals surface area (Å²) in [5, 5.41) is 3.05. The Morgan fingerprint density at radius 3 is 2.62 bits per heavy atom. The normalized spacial score (nSPS) is 28.2. The zero-order chi connectivity index (χ0) is 17.0. The first kappa shape index (κ1) is 16.8. The van der Waals surface area contributed by atoms with Gasteiger partial charge in [0, 0.05) is 5.54 Å². The van der Waals surface area contributed by atoms with Crippen molar-refractivity contribution in [1.29, 1.82) is 0 Å². The first-order valence-corrected chi connectivity index (χ1v) is 8.74. The van der Waals surface area contributed by atoms with E-state index in [9.17, 15) is 9.59 Å². The van der Waals surface area contributed by atoms with Gasteiger partial charge in [-0.1, -0.05) is 30.3 Å². The number of alkyl carbamates (subject to hydrolysis) is 1. The molecular weight excluding hydrogens is 306 g/mol. The van der Waals surface area contributed by atoms with Crippen molar-refractivity contribution in [3.8, 4) is 0 Å². The number of amides is 1. The van der Waals surface area contributed by atoms with Crippen molar-refractivity contribution in [1.82, 2.24) is 5.32 Å². The van der Waals surface area contributed by atoms with E-state index in [-0.39, 0.29) is 18.1 Å². The monoisotopic (exact) mass is 331 g/mol. The van der Waals surface area contributed by atoms with E-state index in [1.165, 1.54) is 0 Å². The fourth-order valence-corrected chi connectivity index (χ4v) is 4.20. The molecule has 1 aromatic rings. The van der Waals surface area contributed by atoms with Crippen LogP contribution >= 0.6 is 0 Å². The zero-order valence-electron chi connectivity index (χ0n) is 14.2. The molecule has 0 saturated heterocycles. The predicted octanol–water partition coefficient (Wildman–Crippen LogP) is 3.57. The van der Waals surface area contributed by atoms with Gasteiger partial charge in [0.25, 0.3) is 0 Å². The lowest BCUT2D eigenvalue weighted by Crippen LogP contribution is -2.50.